The lowest BCUT2D eigenvalue weighted by Crippen LogP contribution is -2.48. The highest BCUT2D eigenvalue weighted by atomic mass is 16.2. The minimum atomic E-state index is 0.229. The third-order valence-corrected chi connectivity index (χ3v) is 5.65. The first-order valence-corrected chi connectivity index (χ1v) is 9.44. The van der Waals surface area contributed by atoms with Crippen molar-refractivity contribution in [2.45, 2.75) is 32.2 Å². The molecule has 3 nitrogen and oxygen atoms in total. The summed E-state index contributed by atoms with van der Waals surface area (Å²) in [5.41, 5.74) is 4.12. The smallest absolute Gasteiger partial charge is 0.320 e. The summed E-state index contributed by atoms with van der Waals surface area (Å²) < 4.78 is 0. The molecule has 1 saturated heterocycles. The van der Waals surface area contributed by atoms with E-state index in [1.165, 1.54) is 16.7 Å². The molecule has 3 heteroatoms. The number of benzene rings is 2. The van der Waals surface area contributed by atoms with Crippen LogP contribution in [0.4, 0.5) is 4.79 Å². The van der Waals surface area contributed by atoms with Crippen molar-refractivity contribution in [3.8, 4) is 0 Å². The molecule has 1 fully saturated rings. The maximum absolute atomic E-state index is 12.9. The molecule has 130 valence electrons. The average molecular weight is 334 g/mol. The van der Waals surface area contributed by atoms with E-state index < -0.39 is 0 Å². The fraction of sp³-hybridized carbons (Fsp3) is 0.409. The lowest BCUT2D eigenvalue weighted by Gasteiger charge is -2.37. The number of hydrogen-bond donors (Lipinski definition) is 0. The van der Waals surface area contributed by atoms with Crippen molar-refractivity contribution in [1.29, 1.82) is 0 Å². The molecule has 2 aromatic rings. The zero-order valence-corrected chi connectivity index (χ0v) is 14.7. The second-order valence-corrected chi connectivity index (χ2v) is 7.34. The number of urea groups is 1. The van der Waals surface area contributed by atoms with Gasteiger partial charge in [-0.1, -0.05) is 54.6 Å². The van der Waals surface area contributed by atoms with E-state index in [1.807, 2.05) is 4.90 Å². The van der Waals surface area contributed by atoms with Crippen molar-refractivity contribution < 1.29 is 4.79 Å². The highest BCUT2D eigenvalue weighted by molar-refractivity contribution is 5.75. The molecule has 25 heavy (non-hydrogen) atoms. The van der Waals surface area contributed by atoms with Gasteiger partial charge in [-0.2, -0.15) is 0 Å². The Morgan fingerprint density at radius 3 is 2.28 bits per heavy atom. The molecule has 2 amide bonds. The lowest BCUT2D eigenvalue weighted by atomic mass is 9.90. The number of fused-ring (bicyclic) bond motifs is 1. The van der Waals surface area contributed by atoms with E-state index in [2.05, 4.69) is 59.5 Å². The van der Waals surface area contributed by atoms with Crippen molar-refractivity contribution >= 4 is 6.03 Å². The van der Waals surface area contributed by atoms with Crippen LogP contribution in [0.25, 0.3) is 0 Å². The van der Waals surface area contributed by atoms with Gasteiger partial charge in [0.25, 0.3) is 0 Å². The third kappa shape index (κ3) is 3.71. The predicted octanol–water partition coefficient (Wildman–Crippen LogP) is 4.12. The molecule has 2 aromatic carbocycles. The van der Waals surface area contributed by atoms with E-state index in [-0.39, 0.29) is 6.03 Å². The van der Waals surface area contributed by atoms with Crippen LogP contribution in [-0.2, 0) is 19.4 Å². The summed E-state index contributed by atoms with van der Waals surface area (Å²) in [5.74, 6) is 0.702. The normalized spacial score (nSPS) is 18.1. The Morgan fingerprint density at radius 1 is 0.840 bits per heavy atom. The second-order valence-electron chi connectivity index (χ2n) is 7.34. The summed E-state index contributed by atoms with van der Waals surface area (Å²) in [5, 5.41) is 0. The fourth-order valence-electron chi connectivity index (χ4n) is 4.13. The first-order chi connectivity index (χ1) is 12.3. The van der Waals surface area contributed by atoms with Gasteiger partial charge in [0, 0.05) is 26.2 Å². The molecule has 0 saturated carbocycles. The van der Waals surface area contributed by atoms with Crippen LogP contribution in [0.3, 0.4) is 0 Å². The van der Waals surface area contributed by atoms with Crippen LogP contribution in [0.1, 0.15) is 29.5 Å². The molecule has 0 spiro atoms. The molecule has 4 rings (SSSR count). The SMILES string of the molecule is O=C(N1CCC(Cc2ccccc2)CC1)N1CCc2ccccc2C1. The quantitative estimate of drug-likeness (QED) is 0.810. The zero-order chi connectivity index (χ0) is 17.1. The van der Waals surface area contributed by atoms with Gasteiger partial charge in [0.1, 0.15) is 0 Å². The third-order valence-electron chi connectivity index (χ3n) is 5.65. The van der Waals surface area contributed by atoms with Crippen molar-refractivity contribution in [2.24, 2.45) is 5.92 Å². The van der Waals surface area contributed by atoms with Crippen LogP contribution in [0.2, 0.25) is 0 Å². The highest BCUT2D eigenvalue weighted by Crippen LogP contribution is 2.24. The average Bonchev–Trinajstić information content (AvgIpc) is 2.68. The zero-order valence-electron chi connectivity index (χ0n) is 14.7. The van der Waals surface area contributed by atoms with Gasteiger partial charge in [0.15, 0.2) is 0 Å². The van der Waals surface area contributed by atoms with Gasteiger partial charge in [-0.25, -0.2) is 4.79 Å². The first-order valence-electron chi connectivity index (χ1n) is 9.44. The van der Waals surface area contributed by atoms with Gasteiger partial charge in [-0.05, 0) is 48.3 Å². The number of nitrogens with zero attached hydrogens (tertiary/aromatic N) is 2. The lowest BCUT2D eigenvalue weighted by molar-refractivity contribution is 0.128. The first kappa shape index (κ1) is 16.2. The summed E-state index contributed by atoms with van der Waals surface area (Å²) in [6.07, 6.45) is 4.35. The van der Waals surface area contributed by atoms with E-state index in [0.29, 0.717) is 5.92 Å². The Hall–Kier alpha value is -2.29. The Kier molecular flexibility index (Phi) is 4.73. The van der Waals surface area contributed by atoms with Crippen LogP contribution in [0.15, 0.2) is 54.6 Å². The molecule has 0 radical (unpaired) electrons. The van der Waals surface area contributed by atoms with E-state index in [0.717, 1.165) is 51.9 Å². The van der Waals surface area contributed by atoms with Gasteiger partial charge in [-0.15, -0.1) is 0 Å². The molecule has 2 heterocycles. The number of carbonyl (C=O) groups is 1. The standard InChI is InChI=1S/C22H26N2O/c25-22(24-15-12-20-8-4-5-9-21(20)17-24)23-13-10-19(11-14-23)16-18-6-2-1-3-7-18/h1-9,19H,10-17H2. The van der Waals surface area contributed by atoms with E-state index in [9.17, 15) is 4.79 Å². The molecule has 0 aliphatic carbocycles. The maximum atomic E-state index is 12.9. The molecule has 2 aliphatic heterocycles. The van der Waals surface area contributed by atoms with E-state index in [4.69, 9.17) is 0 Å². The molecule has 0 bridgehead atoms. The van der Waals surface area contributed by atoms with Gasteiger partial charge in [0.2, 0.25) is 0 Å². The number of piperidine rings is 1. The molecule has 0 aromatic heterocycles. The molecular formula is C22H26N2O. The number of carbonyl (C=O) groups excluding carboxylic acids is 1. The number of hydrogen-bond acceptors (Lipinski definition) is 1. The number of rotatable bonds is 2. The number of likely N-dealkylation sites (tertiary alicyclic amines) is 1. The van der Waals surface area contributed by atoms with Crippen LogP contribution in [-0.4, -0.2) is 35.5 Å². The maximum Gasteiger partial charge on any atom is 0.320 e. The topological polar surface area (TPSA) is 23.6 Å². The molecule has 2 aliphatic rings. The van der Waals surface area contributed by atoms with Crippen LogP contribution in [0, 0.1) is 5.92 Å². The Bertz CT molecular complexity index is 720. The van der Waals surface area contributed by atoms with Gasteiger partial charge < -0.3 is 9.80 Å². The van der Waals surface area contributed by atoms with E-state index in [1.54, 1.807) is 0 Å². The highest BCUT2D eigenvalue weighted by Gasteiger charge is 2.28. The monoisotopic (exact) mass is 334 g/mol. The van der Waals surface area contributed by atoms with Gasteiger partial charge in [0.05, 0.1) is 0 Å². The molecule has 0 atom stereocenters. The van der Waals surface area contributed by atoms with Crippen molar-refractivity contribution in [3.63, 3.8) is 0 Å². The minimum Gasteiger partial charge on any atom is -0.325 e. The van der Waals surface area contributed by atoms with Crippen molar-refractivity contribution in [1.82, 2.24) is 9.80 Å². The van der Waals surface area contributed by atoms with Crippen LogP contribution >= 0.6 is 0 Å². The molecular weight excluding hydrogens is 308 g/mol. The Balaban J connectivity index is 1.31. The Morgan fingerprint density at radius 2 is 1.52 bits per heavy atom. The summed E-state index contributed by atoms with van der Waals surface area (Å²) in [4.78, 5) is 17.0. The Labute approximate surface area is 150 Å². The summed E-state index contributed by atoms with van der Waals surface area (Å²) in [7, 11) is 0. The number of amides is 2. The molecule has 0 unspecified atom stereocenters. The summed E-state index contributed by atoms with van der Waals surface area (Å²) in [6.45, 7) is 3.40. The fourth-order valence-corrected chi connectivity index (χ4v) is 4.13. The van der Waals surface area contributed by atoms with Gasteiger partial charge >= 0.3 is 6.03 Å². The summed E-state index contributed by atoms with van der Waals surface area (Å²) >= 11 is 0. The summed E-state index contributed by atoms with van der Waals surface area (Å²) in [6, 6.07) is 19.5. The van der Waals surface area contributed by atoms with Crippen molar-refractivity contribution in [2.75, 3.05) is 19.6 Å². The second kappa shape index (κ2) is 7.30. The largest absolute Gasteiger partial charge is 0.325 e. The van der Waals surface area contributed by atoms with Gasteiger partial charge in [-0.3, -0.25) is 0 Å². The van der Waals surface area contributed by atoms with Crippen LogP contribution in [0.5, 0.6) is 0 Å². The van der Waals surface area contributed by atoms with E-state index >= 15 is 0 Å². The minimum absolute atomic E-state index is 0.229. The predicted molar refractivity (Wildman–Crippen MR) is 100 cm³/mol. The molecule has 0 N–H and O–H groups in total. The van der Waals surface area contributed by atoms with Crippen LogP contribution < -0.4 is 0 Å². The van der Waals surface area contributed by atoms with Crippen molar-refractivity contribution in [3.05, 3.63) is 71.3 Å².